The number of oxime groups is 1. The fourth-order valence-electron chi connectivity index (χ4n) is 1.65. The first-order valence-electron chi connectivity index (χ1n) is 4.48. The minimum absolute atomic E-state index is 0.939. The van der Waals surface area contributed by atoms with Crippen molar-refractivity contribution in [3.63, 3.8) is 0 Å². The third kappa shape index (κ3) is 1.35. The van der Waals surface area contributed by atoms with Gasteiger partial charge in [-0.1, -0.05) is 41.6 Å². The summed E-state index contributed by atoms with van der Waals surface area (Å²) in [7, 11) is 0. The minimum Gasteiger partial charge on any atom is -0.411 e. The Kier molecular flexibility index (Phi) is 2.19. The van der Waals surface area contributed by atoms with Crippen molar-refractivity contribution >= 4 is 17.0 Å². The highest BCUT2D eigenvalue weighted by atomic mass is 16.4. The normalized spacial score (nSPS) is 11.2. The highest BCUT2D eigenvalue weighted by Gasteiger charge is 2.00. The van der Waals surface area contributed by atoms with Crippen LogP contribution in [0.2, 0.25) is 0 Å². The van der Waals surface area contributed by atoms with E-state index in [1.165, 1.54) is 17.2 Å². The molecule has 0 aromatic heterocycles. The summed E-state index contributed by atoms with van der Waals surface area (Å²) in [5.74, 6) is 0. The molecule has 2 aromatic carbocycles. The largest absolute Gasteiger partial charge is 0.411 e. The van der Waals surface area contributed by atoms with Crippen molar-refractivity contribution in [1.29, 1.82) is 0 Å². The van der Waals surface area contributed by atoms with E-state index < -0.39 is 0 Å². The smallest absolute Gasteiger partial charge is 0.0740 e. The summed E-state index contributed by atoms with van der Waals surface area (Å²) in [4.78, 5) is 0. The van der Waals surface area contributed by atoms with Crippen LogP contribution in [0.3, 0.4) is 0 Å². The standard InChI is InChI=1S/C12H11NO/c1-9-6-7-10(8-13-14)12-5-3-2-4-11(9)12/h2-8,14H,1H3/b13-8+. The van der Waals surface area contributed by atoms with Crippen molar-refractivity contribution in [2.24, 2.45) is 5.16 Å². The van der Waals surface area contributed by atoms with Crippen molar-refractivity contribution in [3.8, 4) is 0 Å². The molecule has 14 heavy (non-hydrogen) atoms. The molecule has 0 aliphatic heterocycles. The van der Waals surface area contributed by atoms with Gasteiger partial charge in [0.05, 0.1) is 6.21 Å². The lowest BCUT2D eigenvalue weighted by atomic mass is 10.0. The summed E-state index contributed by atoms with van der Waals surface area (Å²) in [6.07, 6.45) is 1.46. The molecule has 0 fully saturated rings. The van der Waals surface area contributed by atoms with Crippen molar-refractivity contribution in [1.82, 2.24) is 0 Å². The molecule has 1 N–H and O–H groups in total. The van der Waals surface area contributed by atoms with E-state index in [9.17, 15) is 0 Å². The fraction of sp³-hybridized carbons (Fsp3) is 0.0833. The van der Waals surface area contributed by atoms with E-state index >= 15 is 0 Å². The third-order valence-corrected chi connectivity index (χ3v) is 2.37. The number of benzene rings is 2. The maximum atomic E-state index is 8.52. The van der Waals surface area contributed by atoms with Crippen LogP contribution >= 0.6 is 0 Å². The topological polar surface area (TPSA) is 32.6 Å². The molecule has 0 saturated carbocycles. The molecular formula is C12H11NO. The summed E-state index contributed by atoms with van der Waals surface area (Å²) in [6, 6.07) is 12.1. The number of rotatable bonds is 1. The number of fused-ring (bicyclic) bond motifs is 1. The molecule has 0 amide bonds. The van der Waals surface area contributed by atoms with Gasteiger partial charge in [0, 0.05) is 5.56 Å². The van der Waals surface area contributed by atoms with Gasteiger partial charge in [0.2, 0.25) is 0 Å². The second kappa shape index (κ2) is 3.50. The number of nitrogens with zero attached hydrogens (tertiary/aromatic N) is 1. The zero-order valence-electron chi connectivity index (χ0n) is 7.94. The van der Waals surface area contributed by atoms with Crippen molar-refractivity contribution < 1.29 is 5.21 Å². The van der Waals surface area contributed by atoms with Gasteiger partial charge in [0.1, 0.15) is 0 Å². The van der Waals surface area contributed by atoms with Gasteiger partial charge in [-0.15, -0.1) is 0 Å². The van der Waals surface area contributed by atoms with E-state index in [1.54, 1.807) is 0 Å². The van der Waals surface area contributed by atoms with Crippen molar-refractivity contribution in [2.45, 2.75) is 6.92 Å². The van der Waals surface area contributed by atoms with Gasteiger partial charge >= 0.3 is 0 Å². The van der Waals surface area contributed by atoms with Gasteiger partial charge in [-0.3, -0.25) is 0 Å². The molecule has 2 heteroatoms. The Morgan fingerprint density at radius 3 is 2.50 bits per heavy atom. The maximum absolute atomic E-state index is 8.52. The Labute approximate surface area is 82.5 Å². The first-order valence-corrected chi connectivity index (χ1v) is 4.48. The van der Waals surface area contributed by atoms with Gasteiger partial charge in [0.15, 0.2) is 0 Å². The summed E-state index contributed by atoms with van der Waals surface area (Å²) in [6.45, 7) is 2.07. The van der Waals surface area contributed by atoms with Crippen LogP contribution in [-0.2, 0) is 0 Å². The summed E-state index contributed by atoms with van der Waals surface area (Å²) >= 11 is 0. The molecule has 0 spiro atoms. The van der Waals surface area contributed by atoms with Crippen LogP contribution < -0.4 is 0 Å². The van der Waals surface area contributed by atoms with Gasteiger partial charge in [-0.25, -0.2) is 0 Å². The fourth-order valence-corrected chi connectivity index (χ4v) is 1.65. The first kappa shape index (κ1) is 8.75. The summed E-state index contributed by atoms with van der Waals surface area (Å²) in [5, 5.41) is 13.9. The molecule has 0 unspecified atom stereocenters. The quantitative estimate of drug-likeness (QED) is 0.413. The first-order chi connectivity index (χ1) is 6.83. The molecule has 0 aliphatic rings. The molecule has 0 saturated heterocycles. The average Bonchev–Trinajstić information content (AvgIpc) is 2.23. The molecule has 70 valence electrons. The molecule has 0 aliphatic carbocycles. The van der Waals surface area contributed by atoms with Crippen LogP contribution in [-0.4, -0.2) is 11.4 Å². The molecule has 0 heterocycles. The van der Waals surface area contributed by atoms with E-state index in [0.29, 0.717) is 0 Å². The van der Waals surface area contributed by atoms with Gasteiger partial charge < -0.3 is 5.21 Å². The highest BCUT2D eigenvalue weighted by molar-refractivity contribution is 6.00. The lowest BCUT2D eigenvalue weighted by Crippen LogP contribution is -1.86. The van der Waals surface area contributed by atoms with E-state index in [0.717, 1.165) is 10.9 Å². The van der Waals surface area contributed by atoms with Crippen molar-refractivity contribution in [2.75, 3.05) is 0 Å². The number of hydrogen-bond donors (Lipinski definition) is 1. The predicted octanol–water partition coefficient (Wildman–Crippen LogP) is 2.96. The summed E-state index contributed by atoms with van der Waals surface area (Å²) in [5.41, 5.74) is 2.17. The SMILES string of the molecule is Cc1ccc(/C=N/O)c2ccccc12. The lowest BCUT2D eigenvalue weighted by Gasteiger charge is -2.04. The molecule has 2 aromatic rings. The monoisotopic (exact) mass is 185 g/mol. The van der Waals surface area contributed by atoms with Crippen LogP contribution in [0.4, 0.5) is 0 Å². The van der Waals surface area contributed by atoms with E-state index in [-0.39, 0.29) is 0 Å². The zero-order chi connectivity index (χ0) is 9.97. The van der Waals surface area contributed by atoms with Gasteiger partial charge in [0.25, 0.3) is 0 Å². The highest BCUT2D eigenvalue weighted by Crippen LogP contribution is 2.20. The second-order valence-electron chi connectivity index (χ2n) is 3.26. The Morgan fingerprint density at radius 2 is 1.79 bits per heavy atom. The predicted molar refractivity (Wildman–Crippen MR) is 58.1 cm³/mol. The molecule has 2 nitrogen and oxygen atoms in total. The van der Waals surface area contributed by atoms with Crippen molar-refractivity contribution in [3.05, 3.63) is 47.5 Å². The van der Waals surface area contributed by atoms with Crippen LogP contribution in [0, 0.1) is 6.92 Å². The second-order valence-corrected chi connectivity index (χ2v) is 3.26. The number of hydrogen-bond acceptors (Lipinski definition) is 2. The van der Waals surface area contributed by atoms with Gasteiger partial charge in [-0.2, -0.15) is 0 Å². The number of aryl methyl sites for hydroxylation is 1. The molecular weight excluding hydrogens is 174 g/mol. The van der Waals surface area contributed by atoms with Crippen LogP contribution in [0.5, 0.6) is 0 Å². The molecule has 2 rings (SSSR count). The van der Waals surface area contributed by atoms with Crippen LogP contribution in [0.25, 0.3) is 10.8 Å². The van der Waals surface area contributed by atoms with E-state index in [2.05, 4.69) is 18.1 Å². The van der Waals surface area contributed by atoms with Crippen LogP contribution in [0.15, 0.2) is 41.6 Å². The third-order valence-electron chi connectivity index (χ3n) is 2.37. The Morgan fingerprint density at radius 1 is 1.07 bits per heavy atom. The maximum Gasteiger partial charge on any atom is 0.0740 e. The Balaban J connectivity index is 2.81. The Hall–Kier alpha value is -1.83. The summed E-state index contributed by atoms with van der Waals surface area (Å²) < 4.78 is 0. The lowest BCUT2D eigenvalue weighted by molar-refractivity contribution is 0.322. The molecule has 0 radical (unpaired) electrons. The zero-order valence-corrected chi connectivity index (χ0v) is 7.94. The average molecular weight is 185 g/mol. The molecule has 0 atom stereocenters. The van der Waals surface area contributed by atoms with E-state index in [1.807, 2.05) is 30.3 Å². The minimum atomic E-state index is 0.939. The van der Waals surface area contributed by atoms with Gasteiger partial charge in [-0.05, 0) is 23.3 Å². The van der Waals surface area contributed by atoms with E-state index in [4.69, 9.17) is 5.21 Å². The molecule has 0 bridgehead atoms. The van der Waals surface area contributed by atoms with Crippen LogP contribution in [0.1, 0.15) is 11.1 Å². The Bertz CT molecular complexity index is 489.